The highest BCUT2D eigenvalue weighted by Crippen LogP contribution is 2.29. The van der Waals surface area contributed by atoms with Gasteiger partial charge in [0.2, 0.25) is 0 Å². The molecule has 0 aliphatic heterocycles. The van der Waals surface area contributed by atoms with Gasteiger partial charge in [0, 0.05) is 6.54 Å². The fourth-order valence-corrected chi connectivity index (χ4v) is 2.11. The smallest absolute Gasteiger partial charge is 0.254 e. The van der Waals surface area contributed by atoms with Crippen LogP contribution in [0.4, 0.5) is 4.39 Å². The number of aliphatic hydroxyl groups is 1. The van der Waals surface area contributed by atoms with Gasteiger partial charge >= 0.3 is 0 Å². The average Bonchev–Trinajstić information content (AvgIpc) is 2.59. The van der Waals surface area contributed by atoms with Crippen LogP contribution in [0.1, 0.15) is 22.0 Å². The molecule has 0 aliphatic carbocycles. The van der Waals surface area contributed by atoms with Gasteiger partial charge in [-0.2, -0.15) is 0 Å². The summed E-state index contributed by atoms with van der Waals surface area (Å²) in [6.07, 6.45) is -0.953. The van der Waals surface area contributed by atoms with E-state index in [1.165, 1.54) is 32.4 Å². The number of ether oxygens (including phenoxy) is 2. The molecule has 1 amide bonds. The first-order chi connectivity index (χ1) is 11.1. The molecular weight excluding hydrogens is 301 g/mol. The molecule has 0 saturated carbocycles. The van der Waals surface area contributed by atoms with Crippen molar-refractivity contribution in [1.29, 1.82) is 0 Å². The molecule has 2 N–H and O–H groups in total. The maximum atomic E-state index is 13.5. The largest absolute Gasteiger partial charge is 0.493 e. The number of nitrogens with one attached hydrogen (secondary N) is 1. The van der Waals surface area contributed by atoms with Crippen molar-refractivity contribution >= 4 is 5.91 Å². The van der Waals surface area contributed by atoms with Crippen LogP contribution in [0.15, 0.2) is 42.5 Å². The minimum atomic E-state index is -0.953. The first-order valence-corrected chi connectivity index (χ1v) is 6.99. The zero-order valence-corrected chi connectivity index (χ0v) is 12.9. The van der Waals surface area contributed by atoms with Crippen molar-refractivity contribution in [3.05, 3.63) is 59.4 Å². The van der Waals surface area contributed by atoms with Gasteiger partial charge in [-0.1, -0.05) is 18.2 Å². The maximum Gasteiger partial charge on any atom is 0.254 e. The van der Waals surface area contributed by atoms with Gasteiger partial charge in [-0.15, -0.1) is 0 Å². The number of rotatable bonds is 6. The average molecular weight is 319 g/mol. The number of hydrogen-bond donors (Lipinski definition) is 2. The van der Waals surface area contributed by atoms with Gasteiger partial charge < -0.3 is 19.9 Å². The Balaban J connectivity index is 2.03. The van der Waals surface area contributed by atoms with E-state index >= 15 is 0 Å². The van der Waals surface area contributed by atoms with E-state index in [2.05, 4.69) is 5.32 Å². The molecule has 5 nitrogen and oxygen atoms in total. The van der Waals surface area contributed by atoms with Crippen molar-refractivity contribution in [1.82, 2.24) is 5.32 Å². The molecule has 0 aromatic heterocycles. The zero-order chi connectivity index (χ0) is 16.8. The Morgan fingerprint density at radius 3 is 2.52 bits per heavy atom. The van der Waals surface area contributed by atoms with Crippen molar-refractivity contribution in [2.45, 2.75) is 6.10 Å². The topological polar surface area (TPSA) is 67.8 Å². The number of benzene rings is 2. The van der Waals surface area contributed by atoms with Gasteiger partial charge in [0.25, 0.3) is 5.91 Å². The van der Waals surface area contributed by atoms with E-state index in [0.29, 0.717) is 17.1 Å². The van der Waals surface area contributed by atoms with Crippen LogP contribution in [0.25, 0.3) is 0 Å². The molecule has 1 atom stereocenters. The first-order valence-electron chi connectivity index (χ1n) is 6.99. The third kappa shape index (κ3) is 3.98. The van der Waals surface area contributed by atoms with Crippen molar-refractivity contribution in [2.75, 3.05) is 20.8 Å². The summed E-state index contributed by atoms with van der Waals surface area (Å²) in [5.74, 6) is -0.170. The molecule has 2 rings (SSSR count). The van der Waals surface area contributed by atoms with Crippen LogP contribution >= 0.6 is 0 Å². The zero-order valence-electron chi connectivity index (χ0n) is 12.9. The van der Waals surface area contributed by atoms with Crippen LogP contribution < -0.4 is 14.8 Å². The summed E-state index contributed by atoms with van der Waals surface area (Å²) in [6, 6.07) is 10.6. The predicted octanol–water partition coefficient (Wildman–Crippen LogP) is 2.31. The molecular formula is C17H18FNO4. The molecule has 6 heteroatoms. The Morgan fingerprint density at radius 2 is 1.87 bits per heavy atom. The lowest BCUT2D eigenvalue weighted by atomic mass is 10.1. The van der Waals surface area contributed by atoms with E-state index in [1.54, 1.807) is 24.3 Å². The molecule has 0 fully saturated rings. The summed E-state index contributed by atoms with van der Waals surface area (Å²) in [6.45, 7) is -0.0529. The van der Waals surface area contributed by atoms with Crippen LogP contribution in [-0.2, 0) is 0 Å². The molecule has 2 aromatic carbocycles. The monoisotopic (exact) mass is 319 g/mol. The number of methoxy groups -OCH3 is 2. The predicted molar refractivity (Wildman–Crippen MR) is 83.2 cm³/mol. The number of amides is 1. The number of halogens is 1. The highest BCUT2D eigenvalue weighted by Gasteiger charge is 2.15. The van der Waals surface area contributed by atoms with E-state index < -0.39 is 17.8 Å². The normalized spacial score (nSPS) is 11.7. The Kier molecular flexibility index (Phi) is 5.54. The SMILES string of the molecule is COc1ccc(C(O)CNC(=O)c2ccccc2F)cc1OC. The van der Waals surface area contributed by atoms with Crippen LogP contribution in [0.2, 0.25) is 0 Å². The Labute approximate surface area is 133 Å². The van der Waals surface area contributed by atoms with Gasteiger partial charge in [-0.25, -0.2) is 4.39 Å². The second-order valence-corrected chi connectivity index (χ2v) is 4.82. The lowest BCUT2D eigenvalue weighted by Gasteiger charge is -2.15. The minimum Gasteiger partial charge on any atom is -0.493 e. The van der Waals surface area contributed by atoms with Crippen LogP contribution in [0.3, 0.4) is 0 Å². The van der Waals surface area contributed by atoms with Gasteiger partial charge in [0.05, 0.1) is 25.9 Å². The minimum absolute atomic E-state index is 0.0529. The van der Waals surface area contributed by atoms with E-state index in [-0.39, 0.29) is 12.1 Å². The number of carbonyl (C=O) groups is 1. The number of aliphatic hydroxyl groups excluding tert-OH is 1. The van der Waals surface area contributed by atoms with Crippen LogP contribution in [0, 0.1) is 5.82 Å². The molecule has 1 unspecified atom stereocenters. The summed E-state index contributed by atoms with van der Waals surface area (Å²) in [4.78, 5) is 11.9. The number of carbonyl (C=O) groups excluding carboxylic acids is 1. The van der Waals surface area contributed by atoms with Crippen LogP contribution in [0.5, 0.6) is 11.5 Å². The van der Waals surface area contributed by atoms with E-state index in [0.717, 1.165) is 0 Å². The van der Waals surface area contributed by atoms with Crippen molar-refractivity contribution in [3.63, 3.8) is 0 Å². The molecule has 0 heterocycles. The molecule has 2 aromatic rings. The van der Waals surface area contributed by atoms with E-state index in [9.17, 15) is 14.3 Å². The molecule has 122 valence electrons. The third-order valence-electron chi connectivity index (χ3n) is 3.37. The van der Waals surface area contributed by atoms with Crippen molar-refractivity contribution in [3.8, 4) is 11.5 Å². The molecule has 0 aliphatic rings. The van der Waals surface area contributed by atoms with Gasteiger partial charge in [0.1, 0.15) is 5.82 Å². The molecule has 23 heavy (non-hydrogen) atoms. The van der Waals surface area contributed by atoms with Crippen molar-refractivity contribution < 1.29 is 23.8 Å². The Bertz CT molecular complexity index is 690. The number of hydrogen-bond acceptors (Lipinski definition) is 4. The Morgan fingerprint density at radius 1 is 1.17 bits per heavy atom. The third-order valence-corrected chi connectivity index (χ3v) is 3.37. The highest BCUT2D eigenvalue weighted by atomic mass is 19.1. The second kappa shape index (κ2) is 7.60. The maximum absolute atomic E-state index is 13.5. The highest BCUT2D eigenvalue weighted by molar-refractivity contribution is 5.94. The van der Waals surface area contributed by atoms with Gasteiger partial charge in [0.15, 0.2) is 11.5 Å². The summed E-state index contributed by atoms with van der Waals surface area (Å²) in [7, 11) is 3.01. The van der Waals surface area contributed by atoms with E-state index in [4.69, 9.17) is 9.47 Å². The van der Waals surface area contributed by atoms with E-state index in [1.807, 2.05) is 0 Å². The molecule has 0 saturated heterocycles. The first kappa shape index (κ1) is 16.8. The van der Waals surface area contributed by atoms with Gasteiger partial charge in [-0.05, 0) is 29.8 Å². The summed E-state index contributed by atoms with van der Waals surface area (Å²) in [5.41, 5.74) is 0.489. The second-order valence-electron chi connectivity index (χ2n) is 4.82. The molecule has 0 radical (unpaired) electrons. The lowest BCUT2D eigenvalue weighted by Crippen LogP contribution is -2.29. The van der Waals surface area contributed by atoms with Gasteiger partial charge in [-0.3, -0.25) is 4.79 Å². The summed E-state index contributed by atoms with van der Waals surface area (Å²) in [5, 5.41) is 12.7. The Hall–Kier alpha value is -2.60. The lowest BCUT2D eigenvalue weighted by molar-refractivity contribution is 0.0912. The fraction of sp³-hybridized carbons (Fsp3) is 0.235. The standard InChI is InChI=1S/C17H18FNO4/c1-22-15-8-7-11(9-16(15)23-2)14(20)10-19-17(21)12-5-3-4-6-13(12)18/h3-9,14,20H,10H2,1-2H3,(H,19,21). The molecule has 0 spiro atoms. The van der Waals surface area contributed by atoms with Crippen LogP contribution in [-0.4, -0.2) is 31.8 Å². The summed E-state index contributed by atoms with van der Waals surface area (Å²) < 4.78 is 23.8. The summed E-state index contributed by atoms with van der Waals surface area (Å²) >= 11 is 0. The quantitative estimate of drug-likeness (QED) is 0.857. The molecule has 0 bridgehead atoms. The fourth-order valence-electron chi connectivity index (χ4n) is 2.11. The van der Waals surface area contributed by atoms with Crippen molar-refractivity contribution in [2.24, 2.45) is 0 Å².